The van der Waals surface area contributed by atoms with Gasteiger partial charge in [0.2, 0.25) is 0 Å². The van der Waals surface area contributed by atoms with Gasteiger partial charge in [0, 0.05) is 32.7 Å². The number of benzene rings is 1. The van der Waals surface area contributed by atoms with Gasteiger partial charge in [0.05, 0.1) is 19.8 Å². The number of hydrogen-bond donors (Lipinski definition) is 4. The fourth-order valence-electron chi connectivity index (χ4n) is 1.96. The van der Waals surface area contributed by atoms with Gasteiger partial charge >= 0.3 is 0 Å². The van der Waals surface area contributed by atoms with Crippen molar-refractivity contribution in [2.45, 2.75) is 13.1 Å². The molecule has 0 radical (unpaired) electrons. The SMILES string of the molecule is OCCNCc1cccc(CN(CCO)CCO)c1. The third kappa shape index (κ3) is 6.66. The predicted molar refractivity (Wildman–Crippen MR) is 74.7 cm³/mol. The highest BCUT2D eigenvalue weighted by molar-refractivity contribution is 5.23. The van der Waals surface area contributed by atoms with Gasteiger partial charge in [-0.25, -0.2) is 0 Å². The van der Waals surface area contributed by atoms with E-state index in [-0.39, 0.29) is 19.8 Å². The highest BCUT2D eigenvalue weighted by Gasteiger charge is 2.05. The summed E-state index contributed by atoms with van der Waals surface area (Å²) in [5.41, 5.74) is 2.32. The quantitative estimate of drug-likeness (QED) is 0.433. The van der Waals surface area contributed by atoms with Gasteiger partial charge in [0.1, 0.15) is 0 Å². The summed E-state index contributed by atoms with van der Waals surface area (Å²) in [7, 11) is 0. The van der Waals surface area contributed by atoms with E-state index in [9.17, 15) is 0 Å². The predicted octanol–water partition coefficient (Wildman–Crippen LogP) is -0.445. The van der Waals surface area contributed by atoms with Gasteiger partial charge < -0.3 is 20.6 Å². The van der Waals surface area contributed by atoms with Crippen molar-refractivity contribution in [2.75, 3.05) is 39.5 Å². The van der Waals surface area contributed by atoms with Gasteiger partial charge in [-0.05, 0) is 11.1 Å². The monoisotopic (exact) mass is 268 g/mol. The molecule has 0 aliphatic heterocycles. The number of rotatable bonds is 10. The minimum atomic E-state index is 0.0950. The topological polar surface area (TPSA) is 76.0 Å². The van der Waals surface area contributed by atoms with Crippen molar-refractivity contribution < 1.29 is 15.3 Å². The van der Waals surface area contributed by atoms with Crippen LogP contribution in [0.3, 0.4) is 0 Å². The van der Waals surface area contributed by atoms with Gasteiger partial charge in [0.15, 0.2) is 0 Å². The van der Waals surface area contributed by atoms with Crippen LogP contribution in [-0.2, 0) is 13.1 Å². The van der Waals surface area contributed by atoms with Crippen molar-refractivity contribution in [1.29, 1.82) is 0 Å². The van der Waals surface area contributed by atoms with E-state index in [1.54, 1.807) is 0 Å². The number of hydrogen-bond acceptors (Lipinski definition) is 5. The molecule has 5 heteroatoms. The van der Waals surface area contributed by atoms with Crippen LogP contribution in [0.4, 0.5) is 0 Å². The molecule has 0 heterocycles. The van der Waals surface area contributed by atoms with Gasteiger partial charge in [-0.15, -0.1) is 0 Å². The average Bonchev–Trinajstić information content (AvgIpc) is 2.40. The molecule has 0 aliphatic carbocycles. The molecule has 0 aliphatic rings. The zero-order chi connectivity index (χ0) is 13.9. The summed E-state index contributed by atoms with van der Waals surface area (Å²) < 4.78 is 0. The van der Waals surface area contributed by atoms with Crippen LogP contribution in [0.15, 0.2) is 24.3 Å². The molecule has 1 aromatic rings. The molecule has 108 valence electrons. The van der Waals surface area contributed by atoms with E-state index in [0.717, 1.165) is 18.7 Å². The van der Waals surface area contributed by atoms with E-state index in [2.05, 4.69) is 11.4 Å². The molecule has 4 N–H and O–H groups in total. The van der Waals surface area contributed by atoms with Crippen LogP contribution in [0.1, 0.15) is 11.1 Å². The maximum atomic E-state index is 8.98. The largest absolute Gasteiger partial charge is 0.395 e. The average molecular weight is 268 g/mol. The molecule has 0 bridgehead atoms. The van der Waals surface area contributed by atoms with Crippen molar-refractivity contribution in [3.05, 3.63) is 35.4 Å². The Hall–Kier alpha value is -0.980. The summed E-state index contributed by atoms with van der Waals surface area (Å²) in [6, 6.07) is 8.18. The Kier molecular flexibility index (Phi) is 8.36. The molecule has 0 atom stereocenters. The highest BCUT2D eigenvalue weighted by Crippen LogP contribution is 2.08. The minimum absolute atomic E-state index is 0.0950. The number of aliphatic hydroxyl groups is 3. The first kappa shape index (κ1) is 16.1. The first-order valence-corrected chi connectivity index (χ1v) is 6.63. The molecular formula is C14H24N2O3. The molecule has 19 heavy (non-hydrogen) atoms. The van der Waals surface area contributed by atoms with E-state index >= 15 is 0 Å². The Bertz CT molecular complexity index is 341. The summed E-state index contributed by atoms with van der Waals surface area (Å²) >= 11 is 0. The molecule has 0 unspecified atom stereocenters. The van der Waals surface area contributed by atoms with E-state index in [1.165, 1.54) is 5.56 Å². The molecule has 0 fully saturated rings. The second-order valence-corrected chi connectivity index (χ2v) is 4.44. The standard InChI is InChI=1S/C14H24N2O3/c17-7-4-15-11-13-2-1-3-14(10-13)12-16(5-8-18)6-9-19/h1-3,10,15,17-19H,4-9,11-12H2. The lowest BCUT2D eigenvalue weighted by Crippen LogP contribution is -2.29. The van der Waals surface area contributed by atoms with Gasteiger partial charge in [-0.2, -0.15) is 0 Å². The molecule has 0 spiro atoms. The van der Waals surface area contributed by atoms with Crippen LogP contribution in [-0.4, -0.2) is 59.7 Å². The number of nitrogens with zero attached hydrogens (tertiary/aromatic N) is 1. The fraction of sp³-hybridized carbons (Fsp3) is 0.571. The zero-order valence-electron chi connectivity index (χ0n) is 11.3. The summed E-state index contributed by atoms with van der Waals surface area (Å²) in [6.45, 7) is 3.49. The zero-order valence-corrected chi connectivity index (χ0v) is 11.3. The summed E-state index contributed by atoms with van der Waals surface area (Å²) in [5, 5.41) is 29.8. The van der Waals surface area contributed by atoms with Crippen LogP contribution < -0.4 is 5.32 Å². The molecule has 0 amide bonds. The summed E-state index contributed by atoms with van der Waals surface area (Å²) in [6.07, 6.45) is 0. The Labute approximate surface area is 114 Å². The van der Waals surface area contributed by atoms with Crippen LogP contribution in [0, 0.1) is 0 Å². The van der Waals surface area contributed by atoms with Crippen LogP contribution in [0.5, 0.6) is 0 Å². The van der Waals surface area contributed by atoms with E-state index in [0.29, 0.717) is 19.6 Å². The molecule has 5 nitrogen and oxygen atoms in total. The smallest absolute Gasteiger partial charge is 0.0558 e. The Balaban J connectivity index is 2.54. The Morgan fingerprint density at radius 2 is 1.63 bits per heavy atom. The lowest BCUT2D eigenvalue weighted by molar-refractivity contribution is 0.156. The van der Waals surface area contributed by atoms with Crippen molar-refractivity contribution in [3.63, 3.8) is 0 Å². The molecule has 1 rings (SSSR count). The van der Waals surface area contributed by atoms with Crippen LogP contribution >= 0.6 is 0 Å². The maximum Gasteiger partial charge on any atom is 0.0558 e. The van der Waals surface area contributed by atoms with Crippen molar-refractivity contribution in [2.24, 2.45) is 0 Å². The first-order chi connectivity index (χ1) is 9.30. The van der Waals surface area contributed by atoms with Gasteiger partial charge in [0.25, 0.3) is 0 Å². The summed E-state index contributed by atoms with van der Waals surface area (Å²) in [4.78, 5) is 2.01. The number of aliphatic hydroxyl groups excluding tert-OH is 3. The molecular weight excluding hydrogens is 244 g/mol. The van der Waals surface area contributed by atoms with E-state index < -0.39 is 0 Å². The normalized spacial score (nSPS) is 11.2. The van der Waals surface area contributed by atoms with Crippen LogP contribution in [0.25, 0.3) is 0 Å². The lowest BCUT2D eigenvalue weighted by atomic mass is 10.1. The van der Waals surface area contributed by atoms with Gasteiger partial charge in [-0.1, -0.05) is 24.3 Å². The second-order valence-electron chi connectivity index (χ2n) is 4.44. The van der Waals surface area contributed by atoms with E-state index in [4.69, 9.17) is 15.3 Å². The first-order valence-electron chi connectivity index (χ1n) is 6.63. The molecule has 1 aromatic carbocycles. The Morgan fingerprint density at radius 1 is 0.947 bits per heavy atom. The molecule has 0 saturated carbocycles. The molecule has 0 aromatic heterocycles. The fourth-order valence-corrected chi connectivity index (χ4v) is 1.96. The van der Waals surface area contributed by atoms with Crippen molar-refractivity contribution in [1.82, 2.24) is 10.2 Å². The van der Waals surface area contributed by atoms with Crippen molar-refractivity contribution >= 4 is 0 Å². The Morgan fingerprint density at radius 3 is 2.26 bits per heavy atom. The third-order valence-electron chi connectivity index (χ3n) is 2.85. The minimum Gasteiger partial charge on any atom is -0.395 e. The second kappa shape index (κ2) is 9.89. The maximum absolute atomic E-state index is 8.98. The van der Waals surface area contributed by atoms with Gasteiger partial charge in [-0.3, -0.25) is 4.90 Å². The van der Waals surface area contributed by atoms with Crippen LogP contribution in [0.2, 0.25) is 0 Å². The highest BCUT2D eigenvalue weighted by atomic mass is 16.3. The number of nitrogens with one attached hydrogen (secondary N) is 1. The third-order valence-corrected chi connectivity index (χ3v) is 2.85. The van der Waals surface area contributed by atoms with Crippen molar-refractivity contribution in [3.8, 4) is 0 Å². The lowest BCUT2D eigenvalue weighted by Gasteiger charge is -2.20. The summed E-state index contributed by atoms with van der Waals surface area (Å²) in [5.74, 6) is 0. The van der Waals surface area contributed by atoms with E-state index in [1.807, 2.05) is 23.1 Å². The molecule has 0 saturated heterocycles.